The van der Waals surface area contributed by atoms with Crippen molar-refractivity contribution < 1.29 is 4.92 Å². The van der Waals surface area contributed by atoms with Crippen molar-refractivity contribution in [2.24, 2.45) is 5.10 Å². The molecule has 12 heteroatoms. The third kappa shape index (κ3) is 4.35. The first-order chi connectivity index (χ1) is 19.0. The summed E-state index contributed by atoms with van der Waals surface area (Å²) in [6.45, 7) is 1.62. The molecule has 39 heavy (non-hydrogen) atoms. The van der Waals surface area contributed by atoms with Crippen LogP contribution in [0.4, 0.5) is 11.4 Å². The summed E-state index contributed by atoms with van der Waals surface area (Å²) < 4.78 is 3.13. The van der Waals surface area contributed by atoms with E-state index in [1.54, 1.807) is 17.7 Å². The summed E-state index contributed by atoms with van der Waals surface area (Å²) in [5.41, 5.74) is 5.54. The average Bonchev–Trinajstić information content (AvgIpc) is 3.30. The molecule has 0 aliphatic heterocycles. The topological polar surface area (TPSA) is 146 Å². The summed E-state index contributed by atoms with van der Waals surface area (Å²) >= 11 is 0. The molecule has 0 radical (unpaired) electrons. The van der Waals surface area contributed by atoms with Gasteiger partial charge in [0.05, 0.1) is 27.4 Å². The number of rotatable bonds is 5. The standard InChI is InChI=1S/C27H19N9O3/c1-17-23(31-30-19-11-8-14-21(15-19)36(38)39)27(37)29-26-22-24(18-9-4-2-5-10-18)33-35(20-12-6-3-7-13-20)25(22)28-16-34(26)32-17/h2-16,30H,1H3/b31-23-. The quantitative estimate of drug-likeness (QED) is 0.269. The second-order valence-corrected chi connectivity index (χ2v) is 8.56. The van der Waals surface area contributed by atoms with Gasteiger partial charge in [-0.2, -0.15) is 20.3 Å². The molecular formula is C27H19N9O3. The zero-order valence-electron chi connectivity index (χ0n) is 20.5. The Morgan fingerprint density at radius 1 is 0.923 bits per heavy atom. The van der Waals surface area contributed by atoms with E-state index in [9.17, 15) is 14.9 Å². The summed E-state index contributed by atoms with van der Waals surface area (Å²) in [7, 11) is 0. The van der Waals surface area contributed by atoms with Crippen LogP contribution in [0.1, 0.15) is 5.69 Å². The maximum absolute atomic E-state index is 13.4. The van der Waals surface area contributed by atoms with Crippen LogP contribution in [0.3, 0.4) is 0 Å². The van der Waals surface area contributed by atoms with Gasteiger partial charge in [-0.05, 0) is 25.1 Å². The number of anilines is 1. The number of nitrogens with one attached hydrogen (secondary N) is 1. The largest absolute Gasteiger partial charge is 0.301 e. The Labute approximate surface area is 219 Å². The van der Waals surface area contributed by atoms with Crippen LogP contribution in [-0.2, 0) is 0 Å². The van der Waals surface area contributed by atoms with E-state index in [-0.39, 0.29) is 22.4 Å². The predicted octanol–water partition coefficient (Wildman–Crippen LogP) is 3.63. The van der Waals surface area contributed by atoms with E-state index < -0.39 is 10.5 Å². The molecule has 3 aromatic heterocycles. The molecule has 12 nitrogen and oxygen atoms in total. The van der Waals surface area contributed by atoms with Gasteiger partial charge in [0.25, 0.3) is 5.69 Å². The molecule has 3 aromatic carbocycles. The van der Waals surface area contributed by atoms with E-state index in [1.807, 2.05) is 60.7 Å². The minimum absolute atomic E-state index is 0.0462. The van der Waals surface area contributed by atoms with Crippen LogP contribution in [0.25, 0.3) is 33.6 Å². The number of non-ortho nitro benzene ring substituents is 1. The predicted molar refractivity (Wildman–Crippen MR) is 144 cm³/mol. The normalized spacial score (nSPS) is 11.7. The minimum Gasteiger partial charge on any atom is -0.277 e. The molecule has 0 atom stereocenters. The molecule has 0 bridgehead atoms. The summed E-state index contributed by atoms with van der Waals surface area (Å²) in [5.74, 6) is 0. The number of benzene rings is 3. The zero-order chi connectivity index (χ0) is 26.9. The van der Waals surface area contributed by atoms with Crippen molar-refractivity contribution in [1.29, 1.82) is 0 Å². The lowest BCUT2D eigenvalue weighted by Crippen LogP contribution is -2.29. The zero-order valence-corrected chi connectivity index (χ0v) is 20.5. The van der Waals surface area contributed by atoms with Gasteiger partial charge in [-0.15, -0.1) is 0 Å². The Hall–Kier alpha value is -5.78. The Bertz CT molecular complexity index is 2000. The molecule has 0 unspecified atom stereocenters. The second-order valence-electron chi connectivity index (χ2n) is 8.56. The first-order valence-electron chi connectivity index (χ1n) is 11.8. The Morgan fingerprint density at radius 2 is 1.67 bits per heavy atom. The highest BCUT2D eigenvalue weighted by Gasteiger charge is 2.19. The molecule has 0 aliphatic rings. The fourth-order valence-corrected chi connectivity index (χ4v) is 4.19. The number of hydrogen-bond donors (Lipinski definition) is 1. The van der Waals surface area contributed by atoms with Gasteiger partial charge in [0.2, 0.25) is 0 Å². The highest BCUT2D eigenvalue weighted by Crippen LogP contribution is 2.30. The van der Waals surface area contributed by atoms with E-state index in [0.29, 0.717) is 22.4 Å². The van der Waals surface area contributed by atoms with Gasteiger partial charge in [-0.25, -0.2) is 14.2 Å². The highest BCUT2D eigenvalue weighted by atomic mass is 16.6. The van der Waals surface area contributed by atoms with E-state index in [4.69, 9.17) is 5.10 Å². The molecule has 0 saturated carbocycles. The van der Waals surface area contributed by atoms with Crippen LogP contribution in [0.2, 0.25) is 0 Å². The number of para-hydroxylation sites is 1. The van der Waals surface area contributed by atoms with Gasteiger partial charge in [0.1, 0.15) is 12.0 Å². The third-order valence-electron chi connectivity index (χ3n) is 6.00. The van der Waals surface area contributed by atoms with Crippen LogP contribution in [0.5, 0.6) is 0 Å². The fourth-order valence-electron chi connectivity index (χ4n) is 4.19. The molecule has 6 aromatic rings. The summed E-state index contributed by atoms with van der Waals surface area (Å²) in [6, 6.07) is 24.9. The SMILES string of the molecule is Cc1nn2cnc3c(c(-c4ccccc4)nn3-c3ccccc3)c2nc(=O)/c1=N\Nc1cccc([N+](=O)[O-])c1. The Balaban J connectivity index is 1.60. The van der Waals surface area contributed by atoms with Gasteiger partial charge in [0.15, 0.2) is 16.7 Å². The van der Waals surface area contributed by atoms with Crippen LogP contribution >= 0.6 is 0 Å². The van der Waals surface area contributed by atoms with Crippen LogP contribution in [-0.4, -0.2) is 34.3 Å². The smallest absolute Gasteiger partial charge is 0.277 e. The summed E-state index contributed by atoms with van der Waals surface area (Å²) in [4.78, 5) is 33.0. The van der Waals surface area contributed by atoms with Crippen molar-refractivity contribution >= 4 is 28.1 Å². The maximum atomic E-state index is 13.4. The molecule has 190 valence electrons. The number of nitro benzene ring substituents is 1. The third-order valence-corrected chi connectivity index (χ3v) is 6.00. The average molecular weight is 518 g/mol. The number of nitro groups is 1. The number of fused-ring (bicyclic) bond motifs is 3. The van der Waals surface area contributed by atoms with E-state index in [2.05, 4.69) is 25.6 Å². The van der Waals surface area contributed by atoms with E-state index >= 15 is 0 Å². The first kappa shape index (κ1) is 23.6. The van der Waals surface area contributed by atoms with Crippen LogP contribution in [0.15, 0.2) is 101 Å². The van der Waals surface area contributed by atoms with Crippen molar-refractivity contribution in [2.45, 2.75) is 6.92 Å². The number of aromatic nitrogens is 6. The number of nitrogens with zero attached hydrogens (tertiary/aromatic N) is 8. The van der Waals surface area contributed by atoms with Gasteiger partial charge in [-0.1, -0.05) is 54.6 Å². The summed E-state index contributed by atoms with van der Waals surface area (Å²) in [5, 5.41) is 25.2. The lowest BCUT2D eigenvalue weighted by atomic mass is 10.1. The molecule has 0 amide bonds. The number of hydrogen-bond acceptors (Lipinski definition) is 9. The van der Waals surface area contributed by atoms with E-state index in [0.717, 1.165) is 11.3 Å². The Kier molecular flexibility index (Phi) is 5.81. The van der Waals surface area contributed by atoms with E-state index in [1.165, 1.54) is 29.0 Å². The molecule has 0 aliphatic carbocycles. The van der Waals surface area contributed by atoms with Crippen molar-refractivity contribution in [3.05, 3.63) is 123 Å². The molecular weight excluding hydrogens is 498 g/mol. The van der Waals surface area contributed by atoms with Crippen molar-refractivity contribution in [3.63, 3.8) is 0 Å². The monoisotopic (exact) mass is 517 g/mol. The van der Waals surface area contributed by atoms with Crippen LogP contribution < -0.4 is 16.3 Å². The van der Waals surface area contributed by atoms with Crippen molar-refractivity contribution in [1.82, 2.24) is 29.4 Å². The Morgan fingerprint density at radius 3 is 2.41 bits per heavy atom. The van der Waals surface area contributed by atoms with Crippen LogP contribution in [0, 0.1) is 17.0 Å². The molecule has 1 N–H and O–H groups in total. The van der Waals surface area contributed by atoms with Gasteiger partial charge < -0.3 is 0 Å². The second kappa shape index (κ2) is 9.59. The van der Waals surface area contributed by atoms with Gasteiger partial charge in [-0.3, -0.25) is 20.3 Å². The van der Waals surface area contributed by atoms with Crippen molar-refractivity contribution in [2.75, 3.05) is 5.43 Å². The molecule has 0 spiro atoms. The lowest BCUT2D eigenvalue weighted by Gasteiger charge is -2.02. The molecule has 0 fully saturated rings. The summed E-state index contributed by atoms with van der Waals surface area (Å²) in [6.07, 6.45) is 1.48. The fraction of sp³-hybridized carbons (Fsp3) is 0.0370. The lowest BCUT2D eigenvalue weighted by molar-refractivity contribution is -0.384. The maximum Gasteiger partial charge on any atom is 0.301 e. The molecule has 0 saturated heterocycles. The highest BCUT2D eigenvalue weighted by molar-refractivity contribution is 6.01. The van der Waals surface area contributed by atoms with Crippen molar-refractivity contribution in [3.8, 4) is 16.9 Å². The van der Waals surface area contributed by atoms with Gasteiger partial charge in [0, 0.05) is 17.7 Å². The molecule has 6 rings (SSSR count). The molecule has 3 heterocycles. The van der Waals surface area contributed by atoms with Gasteiger partial charge >= 0.3 is 5.56 Å². The minimum atomic E-state index is -0.639. The number of aryl methyl sites for hydroxylation is 1. The first-order valence-corrected chi connectivity index (χ1v) is 11.8.